The minimum Gasteiger partial charge on any atom is -0.467 e. The Hall–Kier alpha value is -1.52. The second kappa shape index (κ2) is 5.38. The molecule has 0 saturated heterocycles. The third-order valence-corrected chi connectivity index (χ3v) is 1.76. The van der Waals surface area contributed by atoms with Crippen LogP contribution in [0.4, 0.5) is 4.79 Å². The number of hydrogen-bond acceptors (Lipinski definition) is 4. The fourth-order valence-electron chi connectivity index (χ4n) is 0.974. The summed E-state index contributed by atoms with van der Waals surface area (Å²) in [5.74, 6) is -0.511. The van der Waals surface area contributed by atoms with Crippen molar-refractivity contribution in [1.82, 2.24) is 5.32 Å². The van der Waals surface area contributed by atoms with Crippen LogP contribution < -0.4 is 5.32 Å². The Bertz CT molecular complexity index is 255. The molecule has 0 aromatic rings. The lowest BCUT2D eigenvalue weighted by Gasteiger charge is -2.28. The molecule has 1 amide bonds. The molecule has 5 nitrogen and oxygen atoms in total. The second-order valence-corrected chi connectivity index (χ2v) is 4.04. The summed E-state index contributed by atoms with van der Waals surface area (Å²) in [6.07, 6.45) is 0.266. The minimum atomic E-state index is -0.755. The molecule has 0 spiro atoms. The highest BCUT2D eigenvalue weighted by Gasteiger charge is 2.33. The van der Waals surface area contributed by atoms with Crippen molar-refractivity contribution in [2.75, 3.05) is 7.11 Å². The van der Waals surface area contributed by atoms with Gasteiger partial charge in [0.25, 0.3) is 0 Å². The quantitative estimate of drug-likeness (QED) is 0.571. The number of amides is 1. The monoisotopic (exact) mass is 215 g/mol. The molecular formula is C10H17NO4. The Labute approximate surface area is 89.4 Å². The molecule has 0 rings (SSSR count). The molecule has 0 aliphatic carbocycles. The van der Waals surface area contributed by atoms with Crippen LogP contribution in [0.15, 0.2) is 12.8 Å². The van der Waals surface area contributed by atoms with Gasteiger partial charge in [-0.25, -0.2) is 9.59 Å². The fourth-order valence-corrected chi connectivity index (χ4v) is 0.974. The van der Waals surface area contributed by atoms with Crippen molar-refractivity contribution in [3.05, 3.63) is 12.8 Å². The summed E-state index contributed by atoms with van der Waals surface area (Å²) in [4.78, 5) is 22.5. The number of methoxy groups -OCH3 is 1. The number of carbonyl (C=O) groups excluding carboxylic acids is 2. The molecule has 1 N–H and O–H groups in total. The highest BCUT2D eigenvalue weighted by molar-refractivity contribution is 5.82. The molecule has 0 unspecified atom stereocenters. The predicted octanol–water partition coefficient (Wildman–Crippen LogP) is 1.44. The fraction of sp³-hybridized carbons (Fsp3) is 0.600. The average molecular weight is 215 g/mol. The van der Waals surface area contributed by atoms with Crippen LogP contribution >= 0.6 is 0 Å². The van der Waals surface area contributed by atoms with E-state index in [4.69, 9.17) is 0 Å². The average Bonchev–Trinajstić information content (AvgIpc) is 2.12. The lowest BCUT2D eigenvalue weighted by Crippen LogP contribution is -2.49. The van der Waals surface area contributed by atoms with Crippen LogP contribution in [0.1, 0.15) is 20.8 Å². The Kier molecular flexibility index (Phi) is 4.84. The van der Waals surface area contributed by atoms with Crippen molar-refractivity contribution >= 4 is 12.1 Å². The summed E-state index contributed by atoms with van der Waals surface area (Å²) in [6, 6.07) is -0.755. The van der Waals surface area contributed by atoms with Gasteiger partial charge >= 0.3 is 12.1 Å². The van der Waals surface area contributed by atoms with Gasteiger partial charge in [-0.1, -0.05) is 27.4 Å². The molecular weight excluding hydrogens is 198 g/mol. The first-order valence-corrected chi connectivity index (χ1v) is 4.48. The van der Waals surface area contributed by atoms with Crippen LogP contribution in [0.25, 0.3) is 0 Å². The van der Waals surface area contributed by atoms with Gasteiger partial charge in [-0.15, -0.1) is 0 Å². The van der Waals surface area contributed by atoms with E-state index >= 15 is 0 Å². The molecule has 0 aliphatic rings. The Morgan fingerprint density at radius 3 is 2.27 bits per heavy atom. The molecule has 0 fully saturated rings. The van der Waals surface area contributed by atoms with Gasteiger partial charge in [0.2, 0.25) is 0 Å². The number of hydrogen-bond donors (Lipinski definition) is 1. The third kappa shape index (κ3) is 4.49. The molecule has 1 atom stereocenters. The van der Waals surface area contributed by atoms with E-state index < -0.39 is 23.5 Å². The van der Waals surface area contributed by atoms with Gasteiger partial charge in [-0.05, 0) is 5.41 Å². The summed E-state index contributed by atoms with van der Waals surface area (Å²) in [7, 11) is 1.27. The third-order valence-electron chi connectivity index (χ3n) is 1.76. The highest BCUT2D eigenvalue weighted by atomic mass is 16.5. The maximum atomic E-state index is 11.4. The lowest BCUT2D eigenvalue weighted by molar-refractivity contribution is -0.145. The molecule has 0 aromatic carbocycles. The molecule has 0 bridgehead atoms. The van der Waals surface area contributed by atoms with E-state index in [0.29, 0.717) is 0 Å². The largest absolute Gasteiger partial charge is 0.467 e. The van der Waals surface area contributed by atoms with E-state index in [1.165, 1.54) is 7.11 Å². The number of nitrogens with one attached hydrogen (secondary N) is 1. The van der Waals surface area contributed by atoms with Crippen LogP contribution in [0.3, 0.4) is 0 Å². The van der Waals surface area contributed by atoms with Crippen molar-refractivity contribution in [2.24, 2.45) is 5.41 Å². The summed E-state index contributed by atoms with van der Waals surface area (Å²) in [6.45, 7) is 8.66. The molecule has 0 saturated carbocycles. The molecule has 15 heavy (non-hydrogen) atoms. The number of esters is 1. The normalized spacial score (nSPS) is 12.5. The zero-order valence-corrected chi connectivity index (χ0v) is 9.49. The topological polar surface area (TPSA) is 64.6 Å². The molecule has 0 heterocycles. The summed E-state index contributed by atoms with van der Waals surface area (Å²) in [5.41, 5.74) is -0.451. The van der Waals surface area contributed by atoms with Crippen molar-refractivity contribution in [1.29, 1.82) is 0 Å². The first-order chi connectivity index (χ1) is 6.82. The first-order valence-electron chi connectivity index (χ1n) is 4.48. The van der Waals surface area contributed by atoms with Crippen LogP contribution in [0, 0.1) is 5.41 Å². The smallest absolute Gasteiger partial charge is 0.412 e. The van der Waals surface area contributed by atoms with E-state index in [1.54, 1.807) is 0 Å². The van der Waals surface area contributed by atoms with Gasteiger partial charge < -0.3 is 14.8 Å². The van der Waals surface area contributed by atoms with Gasteiger partial charge in [0, 0.05) is 0 Å². The molecule has 5 heteroatoms. The van der Waals surface area contributed by atoms with E-state index in [-0.39, 0.29) is 0 Å². The van der Waals surface area contributed by atoms with E-state index in [0.717, 1.165) is 6.26 Å². The Balaban J connectivity index is 4.59. The van der Waals surface area contributed by atoms with E-state index in [1.807, 2.05) is 20.8 Å². The summed E-state index contributed by atoms with van der Waals surface area (Å²) < 4.78 is 9.05. The van der Waals surface area contributed by atoms with Gasteiger partial charge in [-0.2, -0.15) is 0 Å². The summed E-state index contributed by atoms with van der Waals surface area (Å²) >= 11 is 0. The lowest BCUT2D eigenvalue weighted by atomic mass is 9.87. The standard InChI is InChI=1S/C10H17NO4/c1-6-15-9(13)11-7(8(12)14-5)10(2,3)4/h6-7H,1H2,2-5H3,(H,11,13)/t7-/m1/s1. The van der Waals surface area contributed by atoms with Crippen LogP contribution in [-0.4, -0.2) is 25.2 Å². The van der Waals surface area contributed by atoms with Crippen molar-refractivity contribution in [3.63, 3.8) is 0 Å². The number of alkyl carbamates (subject to hydrolysis) is 1. The molecule has 86 valence electrons. The number of ether oxygens (including phenoxy) is 2. The van der Waals surface area contributed by atoms with Crippen molar-refractivity contribution in [2.45, 2.75) is 26.8 Å². The molecule has 0 aliphatic heterocycles. The van der Waals surface area contributed by atoms with Gasteiger partial charge in [0.05, 0.1) is 13.4 Å². The first kappa shape index (κ1) is 13.5. The van der Waals surface area contributed by atoms with E-state index in [9.17, 15) is 9.59 Å². The number of carbonyl (C=O) groups is 2. The number of rotatable bonds is 3. The van der Waals surface area contributed by atoms with Crippen molar-refractivity contribution < 1.29 is 19.1 Å². The Morgan fingerprint density at radius 1 is 1.40 bits per heavy atom. The second-order valence-electron chi connectivity index (χ2n) is 4.04. The van der Waals surface area contributed by atoms with E-state index in [2.05, 4.69) is 21.4 Å². The molecule has 0 aromatic heterocycles. The van der Waals surface area contributed by atoms with Gasteiger partial charge in [0.1, 0.15) is 6.04 Å². The Morgan fingerprint density at radius 2 is 1.93 bits per heavy atom. The van der Waals surface area contributed by atoms with Crippen LogP contribution in [0.5, 0.6) is 0 Å². The highest BCUT2D eigenvalue weighted by Crippen LogP contribution is 2.20. The minimum absolute atomic E-state index is 0.451. The van der Waals surface area contributed by atoms with Crippen LogP contribution in [0.2, 0.25) is 0 Å². The zero-order valence-electron chi connectivity index (χ0n) is 9.49. The predicted molar refractivity (Wildman–Crippen MR) is 55.1 cm³/mol. The zero-order chi connectivity index (χ0) is 12.1. The van der Waals surface area contributed by atoms with Crippen molar-refractivity contribution in [3.8, 4) is 0 Å². The summed E-state index contributed by atoms with van der Waals surface area (Å²) in [5, 5.41) is 2.40. The van der Waals surface area contributed by atoms with Gasteiger partial charge in [0.15, 0.2) is 0 Å². The van der Waals surface area contributed by atoms with Gasteiger partial charge in [-0.3, -0.25) is 0 Å². The van der Waals surface area contributed by atoms with Crippen LogP contribution in [-0.2, 0) is 14.3 Å². The maximum absolute atomic E-state index is 11.4. The maximum Gasteiger partial charge on any atom is 0.412 e. The SMILES string of the molecule is C=COC(=O)N[C@H](C(=O)OC)C(C)(C)C. The molecule has 0 radical (unpaired) electrons.